The monoisotopic (exact) mass is 702 g/mol. The standard InChI is InChI=1S/C39H50N4O6S/c1-38(46)21-26-12-13-27(22-38)43(26)37(45)39(2)23-32(39)31-20-28(49-4)14-16-29(31)35-34(24-9-6-5-7-10-24)30-15-11-25(19-33(30)41(35)3)36(44)40-50(47,48)42-17-8-18-42/h11,14-16,19-20,24,26-27,32,46H,5-10,12-13,17-18,21-23H2,1-4H3,(H,40,44). The highest BCUT2D eigenvalue weighted by Crippen LogP contribution is 2.63. The van der Waals surface area contributed by atoms with E-state index in [0.29, 0.717) is 37.4 Å². The maximum Gasteiger partial charge on any atom is 0.304 e. The van der Waals surface area contributed by atoms with E-state index in [1.807, 2.05) is 32.2 Å². The van der Waals surface area contributed by atoms with Crippen LogP contribution in [0.2, 0.25) is 0 Å². The molecule has 10 nitrogen and oxygen atoms in total. The van der Waals surface area contributed by atoms with Crippen molar-refractivity contribution in [3.05, 3.63) is 53.1 Å². The van der Waals surface area contributed by atoms with E-state index in [4.69, 9.17) is 4.74 Å². The highest BCUT2D eigenvalue weighted by atomic mass is 32.2. The molecule has 2 amide bonds. The van der Waals surface area contributed by atoms with E-state index in [1.165, 1.54) is 16.3 Å². The summed E-state index contributed by atoms with van der Waals surface area (Å²) in [4.78, 5) is 29.9. The highest BCUT2D eigenvalue weighted by Gasteiger charge is 2.62. The SMILES string of the molecule is COc1ccc(-c2c(C3CCCCC3)c3ccc(C(=O)NS(=O)(=O)N4CCC4)cc3n2C)c(C2CC2(C)C(=O)N2C3CCC2CC(C)(O)C3)c1. The molecule has 0 radical (unpaired) electrons. The molecule has 4 unspecified atom stereocenters. The van der Waals surface area contributed by atoms with E-state index in [9.17, 15) is 23.1 Å². The molecule has 2 aliphatic carbocycles. The summed E-state index contributed by atoms with van der Waals surface area (Å²) in [6.45, 7) is 4.86. The zero-order valence-corrected chi connectivity index (χ0v) is 30.5. The largest absolute Gasteiger partial charge is 0.497 e. The Hall–Kier alpha value is -3.41. The first-order valence-corrected chi connectivity index (χ1v) is 19.9. The molecule has 1 aromatic heterocycles. The zero-order chi connectivity index (χ0) is 35.2. The van der Waals surface area contributed by atoms with E-state index in [-0.39, 0.29) is 23.9 Å². The summed E-state index contributed by atoms with van der Waals surface area (Å²) in [5.41, 5.74) is 4.43. The van der Waals surface area contributed by atoms with Crippen LogP contribution in [-0.4, -0.2) is 77.0 Å². The number of ether oxygens (including phenoxy) is 1. The molecule has 4 atom stereocenters. The molecule has 3 saturated heterocycles. The van der Waals surface area contributed by atoms with Gasteiger partial charge in [0.1, 0.15) is 5.75 Å². The van der Waals surface area contributed by atoms with E-state index in [2.05, 4.69) is 33.2 Å². The van der Waals surface area contributed by atoms with Gasteiger partial charge in [0.05, 0.1) is 23.8 Å². The van der Waals surface area contributed by atoms with Gasteiger partial charge in [0.2, 0.25) is 5.91 Å². The van der Waals surface area contributed by atoms with Gasteiger partial charge in [0, 0.05) is 54.3 Å². The smallest absolute Gasteiger partial charge is 0.304 e. The van der Waals surface area contributed by atoms with Gasteiger partial charge in [-0.25, -0.2) is 4.72 Å². The number of carbonyl (C=O) groups is 2. The van der Waals surface area contributed by atoms with Crippen LogP contribution in [-0.2, 0) is 22.1 Å². The Balaban J connectivity index is 1.20. The second-order valence-corrected chi connectivity index (χ2v) is 17.9. The van der Waals surface area contributed by atoms with Crippen molar-refractivity contribution in [3.8, 4) is 17.0 Å². The first kappa shape index (κ1) is 33.7. The lowest BCUT2D eigenvalue weighted by atomic mass is 9.81. The van der Waals surface area contributed by atoms with Crippen LogP contribution in [0, 0.1) is 5.41 Å². The lowest BCUT2D eigenvalue weighted by molar-refractivity contribution is -0.146. The predicted octanol–water partition coefficient (Wildman–Crippen LogP) is 5.98. The molecule has 0 spiro atoms. The number of methoxy groups -OCH3 is 1. The maximum absolute atomic E-state index is 14.5. The number of nitrogens with one attached hydrogen (secondary N) is 1. The molecule has 50 heavy (non-hydrogen) atoms. The third-order valence-electron chi connectivity index (χ3n) is 12.7. The minimum Gasteiger partial charge on any atom is -0.497 e. The molecule has 3 aromatic rings. The van der Waals surface area contributed by atoms with Crippen LogP contribution in [0.4, 0.5) is 0 Å². The Kier molecular flexibility index (Phi) is 8.15. The van der Waals surface area contributed by atoms with Crippen LogP contribution in [0.15, 0.2) is 36.4 Å². The number of aromatic nitrogens is 1. The molecule has 11 heteroatoms. The molecule has 5 fully saturated rings. The van der Waals surface area contributed by atoms with Crippen LogP contribution < -0.4 is 9.46 Å². The van der Waals surface area contributed by atoms with Crippen LogP contribution in [0.3, 0.4) is 0 Å². The number of benzene rings is 2. The number of piperidine rings is 1. The Morgan fingerprint density at radius 1 is 0.920 bits per heavy atom. The summed E-state index contributed by atoms with van der Waals surface area (Å²) in [5.74, 6) is 0.666. The molecule has 4 heterocycles. The minimum atomic E-state index is -3.88. The molecule has 3 aliphatic heterocycles. The van der Waals surface area contributed by atoms with Crippen LogP contribution >= 0.6 is 0 Å². The summed E-state index contributed by atoms with van der Waals surface area (Å²) >= 11 is 0. The van der Waals surface area contributed by atoms with Crippen molar-refractivity contribution in [2.45, 2.75) is 114 Å². The summed E-state index contributed by atoms with van der Waals surface area (Å²) in [6, 6.07) is 12.0. The molecule has 268 valence electrons. The fourth-order valence-corrected chi connectivity index (χ4v) is 11.0. The van der Waals surface area contributed by atoms with E-state index in [1.54, 1.807) is 13.2 Å². The van der Waals surface area contributed by atoms with Gasteiger partial charge in [-0.05, 0) is 112 Å². The second kappa shape index (κ2) is 12.1. The van der Waals surface area contributed by atoms with E-state index >= 15 is 0 Å². The molecule has 2 aromatic carbocycles. The van der Waals surface area contributed by atoms with Crippen LogP contribution in [0.25, 0.3) is 22.2 Å². The molecule has 2 N–H and O–H groups in total. The third kappa shape index (κ3) is 5.55. The summed E-state index contributed by atoms with van der Waals surface area (Å²) in [5, 5.41) is 11.9. The lowest BCUT2D eigenvalue weighted by Crippen LogP contribution is -2.54. The van der Waals surface area contributed by atoms with E-state index in [0.717, 1.165) is 84.8 Å². The molecule has 5 aliphatic rings. The van der Waals surface area contributed by atoms with Gasteiger partial charge < -0.3 is 19.3 Å². The Labute approximate surface area is 295 Å². The number of nitrogens with zero attached hydrogens (tertiary/aromatic N) is 3. The quantitative estimate of drug-likeness (QED) is 0.298. The molecular formula is C39H50N4O6S. The number of hydrogen-bond donors (Lipinski definition) is 2. The van der Waals surface area contributed by atoms with Crippen LogP contribution in [0.1, 0.15) is 118 Å². The summed E-state index contributed by atoms with van der Waals surface area (Å²) < 4.78 is 37.0. The van der Waals surface area contributed by atoms with Crippen LogP contribution in [0.5, 0.6) is 5.75 Å². The van der Waals surface area contributed by atoms with Crippen molar-refractivity contribution < 1.29 is 27.9 Å². The maximum atomic E-state index is 14.5. The van der Waals surface area contributed by atoms with E-state index < -0.39 is 27.1 Å². The number of rotatable bonds is 8. The minimum absolute atomic E-state index is 0.00667. The van der Waals surface area contributed by atoms with Crippen molar-refractivity contribution in [2.75, 3.05) is 20.2 Å². The topological polar surface area (TPSA) is 121 Å². The predicted molar refractivity (Wildman–Crippen MR) is 192 cm³/mol. The Morgan fingerprint density at radius 2 is 1.62 bits per heavy atom. The molecule has 2 bridgehead atoms. The Bertz CT molecular complexity index is 1960. The normalized spacial score (nSPS) is 29.9. The second-order valence-electron chi connectivity index (χ2n) is 16.2. The average Bonchev–Trinajstić information content (AvgIpc) is 3.56. The molecular weight excluding hydrogens is 653 g/mol. The van der Waals surface area contributed by atoms with Gasteiger partial charge in [0.25, 0.3) is 5.91 Å². The fraction of sp³-hybridized carbons (Fsp3) is 0.590. The van der Waals surface area contributed by atoms with Gasteiger partial charge in [0.15, 0.2) is 0 Å². The van der Waals surface area contributed by atoms with Crippen molar-refractivity contribution >= 4 is 32.9 Å². The van der Waals surface area contributed by atoms with Gasteiger partial charge in [-0.2, -0.15) is 12.7 Å². The molecule has 8 rings (SSSR count). The average molecular weight is 703 g/mol. The summed E-state index contributed by atoms with van der Waals surface area (Å²) in [6.07, 6.45) is 10.4. The number of carbonyl (C=O) groups excluding carboxylic acids is 2. The van der Waals surface area contributed by atoms with Gasteiger partial charge in [-0.1, -0.05) is 32.3 Å². The van der Waals surface area contributed by atoms with Crippen molar-refractivity contribution in [2.24, 2.45) is 12.5 Å². The van der Waals surface area contributed by atoms with Gasteiger partial charge >= 0.3 is 10.2 Å². The Morgan fingerprint density at radius 3 is 2.26 bits per heavy atom. The highest BCUT2D eigenvalue weighted by molar-refractivity contribution is 7.87. The fourth-order valence-electron chi connectivity index (χ4n) is 9.82. The number of aliphatic hydroxyl groups is 1. The van der Waals surface area contributed by atoms with Crippen molar-refractivity contribution in [1.82, 2.24) is 18.5 Å². The first-order chi connectivity index (χ1) is 23.8. The van der Waals surface area contributed by atoms with Gasteiger partial charge in [-0.3, -0.25) is 9.59 Å². The third-order valence-corrected chi connectivity index (χ3v) is 14.2. The zero-order valence-electron chi connectivity index (χ0n) is 29.7. The number of aryl methyl sites for hydroxylation is 1. The first-order valence-electron chi connectivity index (χ1n) is 18.5. The van der Waals surface area contributed by atoms with Crippen molar-refractivity contribution in [3.63, 3.8) is 0 Å². The summed E-state index contributed by atoms with van der Waals surface area (Å²) in [7, 11) is -0.170. The van der Waals surface area contributed by atoms with Crippen molar-refractivity contribution in [1.29, 1.82) is 0 Å². The number of hydrogen-bond acceptors (Lipinski definition) is 6. The number of amides is 2. The number of fused-ring (bicyclic) bond motifs is 3. The lowest BCUT2D eigenvalue weighted by Gasteiger charge is -2.43. The van der Waals surface area contributed by atoms with Gasteiger partial charge in [-0.15, -0.1) is 0 Å². The molecule has 2 saturated carbocycles.